The Hall–Kier alpha value is -6.30. The molecule has 0 atom stereocenters. The molecule has 8 aromatic rings. The Bertz CT molecular complexity index is 2760. The second kappa shape index (κ2) is 17.3. The van der Waals surface area contributed by atoms with E-state index in [2.05, 4.69) is 211 Å². The predicted octanol–water partition coefficient (Wildman–Crippen LogP) is 15.6. The maximum Gasteiger partial charge on any atom is 0.0716 e. The van der Waals surface area contributed by atoms with Crippen LogP contribution in [0.2, 0.25) is 0 Å². The van der Waals surface area contributed by atoms with E-state index in [0.29, 0.717) is 0 Å². The van der Waals surface area contributed by atoms with Crippen LogP contribution in [-0.4, -0.2) is 9.97 Å². The summed E-state index contributed by atoms with van der Waals surface area (Å²) < 4.78 is 0. The first-order chi connectivity index (χ1) is 28.2. The van der Waals surface area contributed by atoms with Crippen LogP contribution >= 0.6 is 0 Å². The van der Waals surface area contributed by atoms with E-state index in [4.69, 9.17) is 9.97 Å². The maximum atomic E-state index is 5.28. The average Bonchev–Trinajstić information content (AvgIpc) is 3.30. The molecule has 0 aliphatic heterocycles. The Labute approximate surface area is 352 Å². The van der Waals surface area contributed by atoms with Crippen molar-refractivity contribution in [3.63, 3.8) is 0 Å². The molecule has 0 unspecified atom stereocenters. The fraction of sp³-hybridized carbons (Fsp3) is 0.228. The van der Waals surface area contributed by atoms with Gasteiger partial charge in [-0.2, -0.15) is 0 Å². The highest BCUT2D eigenvalue weighted by Gasteiger charge is 2.26. The Morgan fingerprint density at radius 3 is 1.36 bits per heavy atom. The summed E-state index contributed by atoms with van der Waals surface area (Å²) in [4.78, 5) is 10.5. The van der Waals surface area contributed by atoms with E-state index in [1.54, 1.807) is 0 Å². The third-order valence-electron chi connectivity index (χ3n) is 13.0. The van der Waals surface area contributed by atoms with Crippen LogP contribution in [0.5, 0.6) is 0 Å². The zero-order chi connectivity index (χ0) is 40.3. The molecular weight excluding hydrogens is 713 g/mol. The van der Waals surface area contributed by atoms with Gasteiger partial charge in [0.15, 0.2) is 0 Å². The van der Waals surface area contributed by atoms with Crippen molar-refractivity contribution in [2.75, 3.05) is 0 Å². The largest absolute Gasteiger partial charge is 0.252 e. The van der Waals surface area contributed by atoms with Gasteiger partial charge >= 0.3 is 0 Å². The fourth-order valence-corrected chi connectivity index (χ4v) is 8.08. The number of pyridine rings is 2. The van der Waals surface area contributed by atoms with E-state index in [9.17, 15) is 0 Å². The van der Waals surface area contributed by atoms with Crippen molar-refractivity contribution >= 4 is 21.8 Å². The van der Waals surface area contributed by atoms with Crippen LogP contribution in [-0.2, 0) is 10.8 Å². The van der Waals surface area contributed by atoms with E-state index in [1.165, 1.54) is 16.7 Å². The average molecular weight is 769 g/mol. The van der Waals surface area contributed by atoms with Crippen LogP contribution in [0.25, 0.3) is 66.4 Å². The van der Waals surface area contributed by atoms with Gasteiger partial charge in [0.25, 0.3) is 0 Å². The van der Waals surface area contributed by atoms with E-state index in [-0.39, 0.29) is 18.3 Å². The van der Waals surface area contributed by atoms with Crippen LogP contribution in [0, 0.1) is 11.8 Å². The molecule has 2 heteroatoms. The minimum absolute atomic E-state index is 0. The molecule has 0 saturated carbocycles. The van der Waals surface area contributed by atoms with E-state index < -0.39 is 0 Å². The molecule has 0 aliphatic rings. The molecule has 59 heavy (non-hydrogen) atoms. The highest BCUT2D eigenvalue weighted by atomic mass is 14.7. The van der Waals surface area contributed by atoms with Crippen molar-refractivity contribution in [2.24, 2.45) is 0 Å². The van der Waals surface area contributed by atoms with Gasteiger partial charge in [-0.1, -0.05) is 158 Å². The normalized spacial score (nSPS) is 11.6. The molecule has 0 spiro atoms. The van der Waals surface area contributed by atoms with Gasteiger partial charge in [-0.25, -0.2) is 4.98 Å². The highest BCUT2D eigenvalue weighted by Crippen LogP contribution is 2.39. The summed E-state index contributed by atoms with van der Waals surface area (Å²) in [6.07, 6.45) is 4.33. The van der Waals surface area contributed by atoms with E-state index >= 15 is 0 Å². The minimum Gasteiger partial charge on any atom is -0.252 e. The maximum absolute atomic E-state index is 5.28. The Balaban J connectivity index is 0.00000528. The summed E-state index contributed by atoms with van der Waals surface area (Å²) in [5.74, 6) is 6.75. The lowest BCUT2D eigenvalue weighted by Gasteiger charge is -2.27. The molecule has 0 fully saturated rings. The number of nitrogens with zero attached hydrogens (tertiary/aromatic N) is 2. The van der Waals surface area contributed by atoms with Gasteiger partial charge in [-0.05, 0) is 131 Å². The standard InChI is InChI=1S/C56H52N2.CH4/c1-7-55(5,8-2)46-31-25-40(26-32-46)22-21-39-23-27-43(28-24-39)53-37-47(41-17-13-11-14-18-41)49-35-44(29-33-51(49)57-53)45-30-34-52-50(36-45)48(42-19-15-12-16-20-42)38-54(58-52)56(6,9-3)10-4;/h11-20,23-38H,7-10H2,1-6H3;1H4. The second-order valence-corrected chi connectivity index (χ2v) is 16.2. The number of hydrogen-bond donors (Lipinski definition) is 0. The first-order valence-corrected chi connectivity index (χ1v) is 21.0. The first-order valence-electron chi connectivity index (χ1n) is 21.0. The van der Waals surface area contributed by atoms with Gasteiger partial charge in [0.1, 0.15) is 0 Å². The smallest absolute Gasteiger partial charge is 0.0716 e. The quantitative estimate of drug-likeness (QED) is 0.130. The van der Waals surface area contributed by atoms with Crippen molar-refractivity contribution < 1.29 is 0 Å². The summed E-state index contributed by atoms with van der Waals surface area (Å²) >= 11 is 0. The summed E-state index contributed by atoms with van der Waals surface area (Å²) in [7, 11) is 0. The minimum atomic E-state index is 0. The molecule has 2 nitrogen and oxygen atoms in total. The second-order valence-electron chi connectivity index (χ2n) is 16.2. The number of rotatable bonds is 10. The molecule has 0 amide bonds. The van der Waals surface area contributed by atoms with Crippen LogP contribution in [0.1, 0.15) is 97.0 Å². The monoisotopic (exact) mass is 768 g/mol. The lowest BCUT2D eigenvalue weighted by atomic mass is 9.78. The third-order valence-corrected chi connectivity index (χ3v) is 13.0. The van der Waals surface area contributed by atoms with Gasteiger partial charge in [-0.3, -0.25) is 4.98 Å². The van der Waals surface area contributed by atoms with Crippen molar-refractivity contribution in [1.82, 2.24) is 9.97 Å². The number of benzene rings is 6. The van der Waals surface area contributed by atoms with Crippen LogP contribution in [0.3, 0.4) is 0 Å². The molecule has 6 aromatic carbocycles. The summed E-state index contributed by atoms with van der Waals surface area (Å²) in [5.41, 5.74) is 15.8. The molecule has 0 aliphatic carbocycles. The molecular formula is C57H56N2. The lowest BCUT2D eigenvalue weighted by Crippen LogP contribution is -2.21. The first kappa shape index (κ1) is 40.9. The van der Waals surface area contributed by atoms with Crippen molar-refractivity contribution in [2.45, 2.75) is 85.5 Å². The van der Waals surface area contributed by atoms with Gasteiger partial charge in [0.05, 0.1) is 16.7 Å². The summed E-state index contributed by atoms with van der Waals surface area (Å²) in [6, 6.07) is 56.7. The molecule has 0 N–H and O–H groups in total. The molecule has 8 rings (SSSR count). The SMILES string of the molecule is C.CCC(C)(CC)c1ccc(C#Cc2ccc(-c3cc(-c4ccccc4)c4cc(-c5ccc6nc(C(C)(CC)CC)cc(-c7ccccc7)c6c5)ccc4n3)cc2)cc1. The molecule has 0 saturated heterocycles. The van der Waals surface area contributed by atoms with Crippen molar-refractivity contribution in [1.29, 1.82) is 0 Å². The zero-order valence-corrected chi connectivity index (χ0v) is 34.7. The number of hydrogen-bond acceptors (Lipinski definition) is 2. The van der Waals surface area contributed by atoms with Crippen molar-refractivity contribution in [3.05, 3.63) is 180 Å². The number of fused-ring (bicyclic) bond motifs is 2. The molecule has 2 heterocycles. The topological polar surface area (TPSA) is 25.8 Å². The van der Waals surface area contributed by atoms with Crippen LogP contribution in [0.15, 0.2) is 158 Å². The van der Waals surface area contributed by atoms with Gasteiger partial charge in [0.2, 0.25) is 0 Å². The van der Waals surface area contributed by atoms with Gasteiger partial charge in [-0.15, -0.1) is 0 Å². The zero-order valence-electron chi connectivity index (χ0n) is 34.7. The fourth-order valence-electron chi connectivity index (χ4n) is 8.08. The molecule has 0 bridgehead atoms. The number of aromatic nitrogens is 2. The third kappa shape index (κ3) is 8.21. The Kier molecular flexibility index (Phi) is 12.0. The Morgan fingerprint density at radius 1 is 0.424 bits per heavy atom. The highest BCUT2D eigenvalue weighted by molar-refractivity contribution is 6.01. The van der Waals surface area contributed by atoms with E-state index in [0.717, 1.165) is 97.8 Å². The molecule has 294 valence electrons. The van der Waals surface area contributed by atoms with Gasteiger partial charge < -0.3 is 0 Å². The Morgan fingerprint density at radius 2 is 0.864 bits per heavy atom. The van der Waals surface area contributed by atoms with Crippen LogP contribution in [0.4, 0.5) is 0 Å². The van der Waals surface area contributed by atoms with Crippen molar-refractivity contribution in [3.8, 4) is 56.5 Å². The summed E-state index contributed by atoms with van der Waals surface area (Å²) in [6.45, 7) is 13.7. The predicted molar refractivity (Wildman–Crippen MR) is 254 cm³/mol. The van der Waals surface area contributed by atoms with Crippen LogP contribution < -0.4 is 0 Å². The molecule has 0 radical (unpaired) electrons. The van der Waals surface area contributed by atoms with Gasteiger partial charge in [0, 0.05) is 38.6 Å². The van der Waals surface area contributed by atoms with E-state index in [1.807, 2.05) is 0 Å². The molecule has 2 aromatic heterocycles. The summed E-state index contributed by atoms with van der Waals surface area (Å²) in [5, 5.41) is 2.29. The lowest BCUT2D eigenvalue weighted by molar-refractivity contribution is 0.427.